The predicted molar refractivity (Wildman–Crippen MR) is 78.8 cm³/mol. The van der Waals surface area contributed by atoms with Gasteiger partial charge in [-0.05, 0) is 19.1 Å². The fourth-order valence-corrected chi connectivity index (χ4v) is 1.86. The van der Waals surface area contributed by atoms with E-state index in [0.717, 1.165) is 0 Å². The highest BCUT2D eigenvalue weighted by atomic mass is 19.1. The van der Waals surface area contributed by atoms with E-state index in [4.69, 9.17) is 5.21 Å². The van der Waals surface area contributed by atoms with Gasteiger partial charge >= 0.3 is 0 Å². The Bertz CT molecular complexity index is 524. The first-order valence-corrected chi connectivity index (χ1v) is 6.24. The number of hydrogen-bond acceptors (Lipinski definition) is 4. The highest BCUT2D eigenvalue weighted by Gasteiger charge is 2.17. The molecule has 0 amide bonds. The van der Waals surface area contributed by atoms with E-state index in [2.05, 4.69) is 11.7 Å². The van der Waals surface area contributed by atoms with Gasteiger partial charge in [0, 0.05) is 19.7 Å². The molecule has 0 radical (unpaired) electrons. The van der Waals surface area contributed by atoms with Crippen LogP contribution in [-0.4, -0.2) is 35.0 Å². The molecule has 0 atom stereocenters. The van der Waals surface area contributed by atoms with Crippen molar-refractivity contribution in [2.75, 3.05) is 14.1 Å². The monoisotopic (exact) mass is 277 g/mol. The van der Waals surface area contributed by atoms with Crippen molar-refractivity contribution in [3.8, 4) is 0 Å². The summed E-state index contributed by atoms with van der Waals surface area (Å²) in [7, 11) is 3.67. The van der Waals surface area contributed by atoms with Crippen molar-refractivity contribution in [1.82, 2.24) is 10.0 Å². The summed E-state index contributed by atoms with van der Waals surface area (Å²) >= 11 is 0. The lowest BCUT2D eigenvalue weighted by molar-refractivity contribution is 0.0634. The predicted octanol–water partition coefficient (Wildman–Crippen LogP) is 3.02. The number of benzene rings is 1. The van der Waals surface area contributed by atoms with Crippen LogP contribution >= 0.6 is 0 Å². The average Bonchev–Trinajstić information content (AvgIpc) is 2.44. The molecule has 0 fully saturated rings. The Morgan fingerprint density at radius 3 is 2.50 bits per heavy atom. The molecule has 1 aromatic rings. The van der Waals surface area contributed by atoms with E-state index in [1.165, 1.54) is 12.1 Å². The second-order valence-electron chi connectivity index (χ2n) is 4.36. The van der Waals surface area contributed by atoms with Crippen LogP contribution in [0.5, 0.6) is 0 Å². The van der Waals surface area contributed by atoms with Gasteiger partial charge in [-0.3, -0.25) is 5.01 Å². The first-order valence-electron chi connectivity index (χ1n) is 6.24. The lowest BCUT2D eigenvalue weighted by Crippen LogP contribution is -2.38. The molecule has 0 aromatic heterocycles. The zero-order chi connectivity index (χ0) is 15.1. The topological polar surface area (TPSA) is 39.1 Å². The van der Waals surface area contributed by atoms with Crippen molar-refractivity contribution in [1.29, 1.82) is 0 Å². The van der Waals surface area contributed by atoms with Crippen LogP contribution in [0.15, 0.2) is 53.8 Å². The van der Waals surface area contributed by atoms with Crippen molar-refractivity contribution in [2.45, 2.75) is 13.5 Å². The average molecular weight is 277 g/mol. The maximum atomic E-state index is 13.8. The standard InChI is InChI=1S/C15H20FN3O/c1-5-14(17-20)15(6-2)19(18(3)4)11-12-9-7-8-10-13(12)16/h5-10,20H,1,11H2,2-4H3/b15-6-,17-14+. The minimum absolute atomic E-state index is 0.268. The summed E-state index contributed by atoms with van der Waals surface area (Å²) in [6, 6.07) is 6.59. The largest absolute Gasteiger partial charge is 0.410 e. The van der Waals surface area contributed by atoms with Crippen molar-refractivity contribution in [3.63, 3.8) is 0 Å². The zero-order valence-corrected chi connectivity index (χ0v) is 12.0. The molecule has 1 rings (SSSR count). The van der Waals surface area contributed by atoms with Crippen molar-refractivity contribution < 1.29 is 9.60 Å². The van der Waals surface area contributed by atoms with E-state index < -0.39 is 0 Å². The molecule has 1 aromatic carbocycles. The molecule has 0 aliphatic rings. The van der Waals surface area contributed by atoms with Gasteiger partial charge in [0.1, 0.15) is 11.5 Å². The maximum Gasteiger partial charge on any atom is 0.128 e. The lowest BCUT2D eigenvalue weighted by Gasteiger charge is -2.33. The van der Waals surface area contributed by atoms with Crippen molar-refractivity contribution >= 4 is 5.71 Å². The number of hydrazine groups is 1. The molecule has 0 saturated carbocycles. The molecule has 108 valence electrons. The lowest BCUT2D eigenvalue weighted by atomic mass is 10.1. The summed E-state index contributed by atoms with van der Waals surface area (Å²) in [5, 5.41) is 15.9. The van der Waals surface area contributed by atoms with Crippen molar-refractivity contribution in [3.05, 3.63) is 60.1 Å². The Morgan fingerprint density at radius 1 is 1.40 bits per heavy atom. The Labute approximate surface area is 119 Å². The Balaban J connectivity index is 3.12. The second-order valence-corrected chi connectivity index (χ2v) is 4.36. The summed E-state index contributed by atoms with van der Waals surface area (Å²) in [4.78, 5) is 0. The molecule has 4 nitrogen and oxygen atoms in total. The fraction of sp³-hybridized carbons (Fsp3) is 0.267. The number of rotatable bonds is 6. The number of allylic oxidation sites excluding steroid dienone is 2. The molecule has 0 bridgehead atoms. The van der Waals surface area contributed by atoms with Crippen LogP contribution in [0.4, 0.5) is 4.39 Å². The molecule has 0 spiro atoms. The number of halogens is 1. The van der Waals surface area contributed by atoms with E-state index in [-0.39, 0.29) is 5.82 Å². The van der Waals surface area contributed by atoms with Crippen LogP contribution in [0, 0.1) is 5.82 Å². The van der Waals surface area contributed by atoms with Crippen molar-refractivity contribution in [2.24, 2.45) is 5.16 Å². The van der Waals surface area contributed by atoms with E-state index >= 15 is 0 Å². The molecule has 0 aliphatic heterocycles. The maximum absolute atomic E-state index is 13.8. The summed E-state index contributed by atoms with van der Waals surface area (Å²) in [5.41, 5.74) is 1.54. The smallest absolute Gasteiger partial charge is 0.128 e. The zero-order valence-electron chi connectivity index (χ0n) is 12.0. The minimum Gasteiger partial charge on any atom is -0.410 e. The third-order valence-electron chi connectivity index (χ3n) is 2.88. The normalized spacial score (nSPS) is 12.7. The Morgan fingerprint density at radius 2 is 2.05 bits per heavy atom. The van der Waals surface area contributed by atoms with Crippen LogP contribution in [0.3, 0.4) is 0 Å². The van der Waals surface area contributed by atoms with Crippen LogP contribution < -0.4 is 0 Å². The minimum atomic E-state index is -0.268. The highest BCUT2D eigenvalue weighted by Crippen LogP contribution is 2.16. The summed E-state index contributed by atoms with van der Waals surface area (Å²) in [6.45, 7) is 5.76. The number of oxime groups is 1. The highest BCUT2D eigenvalue weighted by molar-refractivity contribution is 6.07. The van der Waals surface area contributed by atoms with Gasteiger partial charge in [0.25, 0.3) is 0 Å². The van der Waals surface area contributed by atoms with Gasteiger partial charge in [-0.25, -0.2) is 9.40 Å². The molecule has 20 heavy (non-hydrogen) atoms. The Hall–Kier alpha value is -2.14. The molecular weight excluding hydrogens is 257 g/mol. The summed E-state index contributed by atoms with van der Waals surface area (Å²) in [6.07, 6.45) is 3.24. The van der Waals surface area contributed by atoms with Crippen LogP contribution in [-0.2, 0) is 6.54 Å². The van der Waals surface area contributed by atoms with Gasteiger partial charge in [0.15, 0.2) is 0 Å². The first-order chi connectivity index (χ1) is 9.54. The first kappa shape index (κ1) is 15.9. The third kappa shape index (κ3) is 3.68. The number of nitrogens with zero attached hydrogens (tertiary/aromatic N) is 3. The van der Waals surface area contributed by atoms with Crippen LogP contribution in [0.1, 0.15) is 12.5 Å². The molecule has 0 unspecified atom stereocenters. The molecule has 0 aliphatic carbocycles. The second kappa shape index (κ2) is 7.45. The van der Waals surface area contributed by atoms with E-state index in [1.807, 2.05) is 21.0 Å². The van der Waals surface area contributed by atoms with Crippen LogP contribution in [0.2, 0.25) is 0 Å². The summed E-state index contributed by atoms with van der Waals surface area (Å²) in [5.74, 6) is -0.268. The quantitative estimate of drug-likeness (QED) is 0.493. The van der Waals surface area contributed by atoms with E-state index in [0.29, 0.717) is 23.5 Å². The SMILES string of the molecule is C=CC(=N\O)/C(=C/C)N(Cc1ccccc1F)N(C)C. The molecule has 0 heterocycles. The molecule has 5 heteroatoms. The van der Waals surface area contributed by atoms with Gasteiger partial charge in [-0.15, -0.1) is 0 Å². The Kier molecular flexibility index (Phi) is 5.93. The fourth-order valence-electron chi connectivity index (χ4n) is 1.86. The van der Waals surface area contributed by atoms with Gasteiger partial charge in [0.05, 0.1) is 12.2 Å². The van der Waals surface area contributed by atoms with E-state index in [1.54, 1.807) is 34.3 Å². The van der Waals surface area contributed by atoms with Crippen LogP contribution in [0.25, 0.3) is 0 Å². The third-order valence-corrected chi connectivity index (χ3v) is 2.88. The van der Waals surface area contributed by atoms with Gasteiger partial charge < -0.3 is 5.21 Å². The van der Waals surface area contributed by atoms with Gasteiger partial charge in [-0.2, -0.15) is 0 Å². The van der Waals surface area contributed by atoms with E-state index in [9.17, 15) is 4.39 Å². The number of hydrogen-bond donors (Lipinski definition) is 1. The van der Waals surface area contributed by atoms with Gasteiger partial charge in [-0.1, -0.05) is 36.0 Å². The molecular formula is C15H20FN3O. The van der Waals surface area contributed by atoms with Gasteiger partial charge in [0.2, 0.25) is 0 Å². The molecule has 0 saturated heterocycles. The summed E-state index contributed by atoms with van der Waals surface area (Å²) < 4.78 is 13.8. The molecule has 1 N–H and O–H groups in total.